The Kier molecular flexibility index (Phi) is 6.61. The Morgan fingerprint density at radius 2 is 2.00 bits per heavy atom. The predicted octanol–water partition coefficient (Wildman–Crippen LogP) is 2.03. The first-order valence-electron chi connectivity index (χ1n) is 8.04. The van der Waals surface area contributed by atoms with Crippen LogP contribution in [0.3, 0.4) is 0 Å². The summed E-state index contributed by atoms with van der Waals surface area (Å²) in [5, 5.41) is 13.9. The molecular weight excluding hydrogens is 283 g/mol. The van der Waals surface area contributed by atoms with Gasteiger partial charge in [-0.1, -0.05) is 0 Å². The van der Waals surface area contributed by atoms with Crippen LogP contribution in [0.4, 0.5) is 4.39 Å². The van der Waals surface area contributed by atoms with Gasteiger partial charge >= 0.3 is 0 Å². The highest BCUT2D eigenvalue weighted by molar-refractivity contribution is 5.22. The molecule has 1 aromatic carbocycles. The molecule has 1 aliphatic carbocycles. The van der Waals surface area contributed by atoms with Crippen LogP contribution < -0.4 is 10.1 Å². The first-order chi connectivity index (χ1) is 10.6. The SMILES string of the molecule is CN(C)CCCN[C@H]1CCC[C@@H](Oc2ccc(F)cc2)[C@@H]1O. The van der Waals surface area contributed by atoms with Crippen LogP contribution in [0.2, 0.25) is 0 Å². The van der Waals surface area contributed by atoms with Crippen molar-refractivity contribution in [2.24, 2.45) is 0 Å². The van der Waals surface area contributed by atoms with Gasteiger partial charge in [0.15, 0.2) is 0 Å². The van der Waals surface area contributed by atoms with Gasteiger partial charge in [-0.15, -0.1) is 0 Å². The molecule has 1 aliphatic rings. The van der Waals surface area contributed by atoms with Crippen LogP contribution in [0.15, 0.2) is 24.3 Å². The number of benzene rings is 1. The molecule has 1 saturated carbocycles. The molecule has 0 spiro atoms. The van der Waals surface area contributed by atoms with Gasteiger partial charge in [0, 0.05) is 6.04 Å². The minimum absolute atomic E-state index is 0.0707. The minimum Gasteiger partial charge on any atom is -0.488 e. The van der Waals surface area contributed by atoms with E-state index in [0.717, 1.165) is 38.8 Å². The van der Waals surface area contributed by atoms with E-state index >= 15 is 0 Å². The van der Waals surface area contributed by atoms with E-state index in [4.69, 9.17) is 4.74 Å². The zero-order valence-electron chi connectivity index (χ0n) is 13.5. The standard InChI is InChI=1S/C17H27FN2O2/c1-20(2)12-4-11-19-15-5-3-6-16(17(15)21)22-14-9-7-13(18)8-10-14/h7-10,15-17,19,21H,3-6,11-12H2,1-2H3/t15-,16+,17+/m0/s1. The van der Waals surface area contributed by atoms with Crippen LogP contribution in [-0.2, 0) is 0 Å². The third-order valence-corrected chi connectivity index (χ3v) is 4.09. The van der Waals surface area contributed by atoms with Crippen molar-refractivity contribution in [2.45, 2.75) is 43.9 Å². The summed E-state index contributed by atoms with van der Waals surface area (Å²) in [5.74, 6) is 0.329. The van der Waals surface area contributed by atoms with E-state index in [9.17, 15) is 9.50 Å². The van der Waals surface area contributed by atoms with E-state index in [2.05, 4.69) is 24.3 Å². The summed E-state index contributed by atoms with van der Waals surface area (Å²) in [4.78, 5) is 2.15. The molecule has 0 bridgehead atoms. The maximum absolute atomic E-state index is 12.9. The lowest BCUT2D eigenvalue weighted by Crippen LogP contribution is -2.51. The van der Waals surface area contributed by atoms with Gasteiger partial charge in [0.05, 0.1) is 0 Å². The molecule has 5 heteroatoms. The second kappa shape index (κ2) is 8.46. The summed E-state index contributed by atoms with van der Waals surface area (Å²) >= 11 is 0. The molecule has 0 aromatic heterocycles. The Balaban J connectivity index is 1.81. The maximum atomic E-state index is 12.9. The van der Waals surface area contributed by atoms with E-state index in [1.807, 2.05) is 0 Å². The lowest BCUT2D eigenvalue weighted by molar-refractivity contribution is -0.0153. The van der Waals surface area contributed by atoms with Gasteiger partial charge in [0.25, 0.3) is 0 Å². The van der Waals surface area contributed by atoms with Crippen molar-refractivity contribution in [3.8, 4) is 5.75 Å². The third kappa shape index (κ3) is 5.23. The topological polar surface area (TPSA) is 44.7 Å². The summed E-state index contributed by atoms with van der Waals surface area (Å²) in [6, 6.07) is 6.04. The van der Waals surface area contributed by atoms with Gasteiger partial charge in [-0.05, 0) is 77.1 Å². The average molecular weight is 310 g/mol. The quantitative estimate of drug-likeness (QED) is 0.757. The Labute approximate surface area is 132 Å². The average Bonchev–Trinajstić information content (AvgIpc) is 2.49. The van der Waals surface area contributed by atoms with Crippen LogP contribution >= 0.6 is 0 Å². The lowest BCUT2D eigenvalue weighted by Gasteiger charge is -2.35. The zero-order chi connectivity index (χ0) is 15.9. The summed E-state index contributed by atoms with van der Waals surface area (Å²) in [7, 11) is 4.12. The normalized spacial score (nSPS) is 25.4. The van der Waals surface area contributed by atoms with Gasteiger partial charge < -0.3 is 20.1 Å². The lowest BCUT2D eigenvalue weighted by atomic mass is 9.89. The molecule has 0 heterocycles. The largest absolute Gasteiger partial charge is 0.488 e. The number of hydrogen-bond acceptors (Lipinski definition) is 4. The second-order valence-corrected chi connectivity index (χ2v) is 6.25. The molecule has 0 saturated heterocycles. The number of nitrogens with one attached hydrogen (secondary N) is 1. The number of rotatable bonds is 7. The van der Waals surface area contributed by atoms with E-state index < -0.39 is 6.10 Å². The molecule has 1 aromatic rings. The van der Waals surface area contributed by atoms with Gasteiger partial charge in [0.1, 0.15) is 23.8 Å². The number of ether oxygens (including phenoxy) is 1. The molecule has 0 aliphatic heterocycles. The van der Waals surface area contributed by atoms with Crippen molar-refractivity contribution in [2.75, 3.05) is 27.2 Å². The first-order valence-corrected chi connectivity index (χ1v) is 8.04. The van der Waals surface area contributed by atoms with Crippen LogP contribution in [-0.4, -0.2) is 55.4 Å². The minimum atomic E-state index is -0.529. The predicted molar refractivity (Wildman–Crippen MR) is 85.6 cm³/mol. The number of aliphatic hydroxyl groups excluding tert-OH is 1. The fraction of sp³-hybridized carbons (Fsp3) is 0.647. The Morgan fingerprint density at radius 3 is 2.68 bits per heavy atom. The molecule has 22 heavy (non-hydrogen) atoms. The van der Waals surface area contributed by atoms with Crippen LogP contribution in [0, 0.1) is 5.82 Å². The second-order valence-electron chi connectivity index (χ2n) is 6.25. The fourth-order valence-corrected chi connectivity index (χ4v) is 2.86. The smallest absolute Gasteiger partial charge is 0.126 e. The van der Waals surface area contributed by atoms with Gasteiger partial charge in [0.2, 0.25) is 0 Å². The Morgan fingerprint density at radius 1 is 1.27 bits per heavy atom. The highest BCUT2D eigenvalue weighted by Gasteiger charge is 2.32. The van der Waals surface area contributed by atoms with Crippen molar-refractivity contribution < 1.29 is 14.2 Å². The molecule has 2 N–H and O–H groups in total. The van der Waals surface area contributed by atoms with E-state index in [0.29, 0.717) is 5.75 Å². The zero-order valence-corrected chi connectivity index (χ0v) is 13.5. The van der Waals surface area contributed by atoms with Gasteiger partial charge in [-0.25, -0.2) is 4.39 Å². The summed E-state index contributed by atoms with van der Waals surface area (Å²) in [6.07, 6.45) is 3.11. The third-order valence-electron chi connectivity index (χ3n) is 4.09. The van der Waals surface area contributed by atoms with Crippen molar-refractivity contribution in [3.63, 3.8) is 0 Å². The fourth-order valence-electron chi connectivity index (χ4n) is 2.86. The van der Waals surface area contributed by atoms with Gasteiger partial charge in [-0.2, -0.15) is 0 Å². The first kappa shape index (κ1) is 17.2. The summed E-state index contributed by atoms with van der Waals surface area (Å²) < 4.78 is 18.7. The van der Waals surface area contributed by atoms with E-state index in [1.165, 1.54) is 12.1 Å². The highest BCUT2D eigenvalue weighted by atomic mass is 19.1. The molecule has 3 atom stereocenters. The van der Waals surface area contributed by atoms with E-state index in [1.54, 1.807) is 12.1 Å². The Bertz CT molecular complexity index is 439. The molecule has 0 unspecified atom stereocenters. The van der Waals surface area contributed by atoms with Crippen molar-refractivity contribution >= 4 is 0 Å². The maximum Gasteiger partial charge on any atom is 0.126 e. The molecule has 124 valence electrons. The Hall–Kier alpha value is -1.17. The van der Waals surface area contributed by atoms with Crippen molar-refractivity contribution in [1.29, 1.82) is 0 Å². The van der Waals surface area contributed by atoms with Crippen molar-refractivity contribution in [3.05, 3.63) is 30.1 Å². The van der Waals surface area contributed by atoms with Crippen LogP contribution in [0.1, 0.15) is 25.7 Å². The number of halogens is 1. The van der Waals surface area contributed by atoms with Gasteiger partial charge in [-0.3, -0.25) is 0 Å². The monoisotopic (exact) mass is 310 g/mol. The molecule has 4 nitrogen and oxygen atoms in total. The summed E-state index contributed by atoms with van der Waals surface area (Å²) in [5.41, 5.74) is 0. The molecule has 0 amide bonds. The van der Waals surface area contributed by atoms with Crippen LogP contribution in [0.25, 0.3) is 0 Å². The molecule has 2 rings (SSSR count). The van der Waals surface area contributed by atoms with Crippen LogP contribution in [0.5, 0.6) is 5.75 Å². The number of aliphatic hydroxyl groups is 1. The number of nitrogens with zero attached hydrogens (tertiary/aromatic N) is 1. The molecule has 0 radical (unpaired) electrons. The van der Waals surface area contributed by atoms with E-state index in [-0.39, 0.29) is 18.0 Å². The molecular formula is C17H27FN2O2. The number of hydrogen-bond donors (Lipinski definition) is 2. The molecule has 1 fully saturated rings. The highest BCUT2D eigenvalue weighted by Crippen LogP contribution is 2.24. The summed E-state index contributed by atoms with van der Waals surface area (Å²) in [6.45, 7) is 1.93. The van der Waals surface area contributed by atoms with Crippen molar-refractivity contribution in [1.82, 2.24) is 10.2 Å².